The van der Waals surface area contributed by atoms with Crippen LogP contribution in [0.2, 0.25) is 0 Å². The average Bonchev–Trinajstić information content (AvgIpc) is 3.70. The van der Waals surface area contributed by atoms with E-state index in [0.29, 0.717) is 5.92 Å². The summed E-state index contributed by atoms with van der Waals surface area (Å²) in [6, 6.07) is 15.1. The van der Waals surface area contributed by atoms with Gasteiger partial charge in [0.1, 0.15) is 5.69 Å². The van der Waals surface area contributed by atoms with Gasteiger partial charge in [-0.05, 0) is 74.6 Å². The van der Waals surface area contributed by atoms with E-state index in [1.54, 1.807) is 11.3 Å². The van der Waals surface area contributed by atoms with Crippen LogP contribution >= 0.6 is 11.3 Å². The van der Waals surface area contributed by atoms with Crippen molar-refractivity contribution in [3.63, 3.8) is 0 Å². The normalized spacial score (nSPS) is 14.5. The Morgan fingerprint density at radius 2 is 1.88 bits per heavy atom. The van der Waals surface area contributed by atoms with E-state index in [4.69, 9.17) is 5.10 Å². The van der Waals surface area contributed by atoms with E-state index < -0.39 is 0 Å². The summed E-state index contributed by atoms with van der Waals surface area (Å²) in [4.78, 5) is 10.7. The fourth-order valence-corrected chi connectivity index (χ4v) is 6.68. The van der Waals surface area contributed by atoms with Gasteiger partial charge in [0.05, 0.1) is 23.1 Å². The molecule has 1 saturated carbocycles. The number of aryl methyl sites for hydroxylation is 2. The number of allylic oxidation sites excluding steroid dienone is 3. The van der Waals surface area contributed by atoms with Crippen molar-refractivity contribution in [1.82, 2.24) is 20.2 Å². The molecule has 0 spiro atoms. The zero-order chi connectivity index (χ0) is 27.6. The van der Waals surface area contributed by atoms with Gasteiger partial charge in [-0.3, -0.25) is 10.1 Å². The molecule has 0 bridgehead atoms. The first-order chi connectivity index (χ1) is 19.5. The summed E-state index contributed by atoms with van der Waals surface area (Å²) in [5, 5.41) is 12.5. The van der Waals surface area contributed by atoms with Crippen molar-refractivity contribution in [2.24, 2.45) is 5.92 Å². The van der Waals surface area contributed by atoms with Crippen LogP contribution in [-0.2, 0) is 0 Å². The number of hydrogen-bond acceptors (Lipinski definition) is 4. The lowest BCUT2D eigenvalue weighted by atomic mass is 9.87. The monoisotopic (exact) mass is 545 g/mol. The average molecular weight is 546 g/mol. The van der Waals surface area contributed by atoms with Gasteiger partial charge in [0.2, 0.25) is 0 Å². The van der Waals surface area contributed by atoms with E-state index >= 15 is 0 Å². The SMILES string of the molecule is C=C/C=C(/c1ccc(C)s1)c1cc(-c2n[nH]c3ccc(-c4cncc(NC(=C)C5CCCCC5)c4)cc23)[nH]c1C. The Morgan fingerprint density at radius 1 is 1.02 bits per heavy atom. The Kier molecular flexibility index (Phi) is 7.27. The van der Waals surface area contributed by atoms with Crippen LogP contribution in [0.3, 0.4) is 0 Å². The van der Waals surface area contributed by atoms with Gasteiger partial charge in [-0.25, -0.2) is 0 Å². The topological polar surface area (TPSA) is 69.4 Å². The van der Waals surface area contributed by atoms with Gasteiger partial charge in [-0.15, -0.1) is 11.3 Å². The number of nitrogens with one attached hydrogen (secondary N) is 3. The van der Waals surface area contributed by atoms with Gasteiger partial charge in [-0.1, -0.05) is 50.6 Å². The second-order valence-corrected chi connectivity index (χ2v) is 12.0. The first kappa shape index (κ1) is 26.1. The van der Waals surface area contributed by atoms with Crippen LogP contribution in [0, 0.1) is 19.8 Å². The molecule has 0 radical (unpaired) electrons. The number of pyridine rings is 1. The lowest BCUT2D eigenvalue weighted by Crippen LogP contribution is -2.14. The van der Waals surface area contributed by atoms with Gasteiger partial charge in [0.15, 0.2) is 0 Å². The number of rotatable bonds is 8. The lowest BCUT2D eigenvalue weighted by molar-refractivity contribution is 0.405. The van der Waals surface area contributed by atoms with Crippen molar-refractivity contribution < 1.29 is 0 Å². The molecule has 1 aliphatic rings. The number of nitrogens with zero attached hydrogens (tertiary/aromatic N) is 2. The molecule has 1 aliphatic carbocycles. The van der Waals surface area contributed by atoms with E-state index in [1.165, 1.54) is 47.4 Å². The number of fused-ring (bicyclic) bond motifs is 1. The summed E-state index contributed by atoms with van der Waals surface area (Å²) in [5.41, 5.74) is 10.5. The minimum atomic E-state index is 0.544. The minimum absolute atomic E-state index is 0.544. The van der Waals surface area contributed by atoms with Crippen molar-refractivity contribution in [2.45, 2.75) is 46.0 Å². The molecule has 0 unspecified atom stereocenters. The number of H-pyrrole nitrogens is 2. The van der Waals surface area contributed by atoms with Crippen LogP contribution < -0.4 is 5.32 Å². The Bertz CT molecular complexity index is 1720. The molecule has 40 heavy (non-hydrogen) atoms. The van der Waals surface area contributed by atoms with Crippen molar-refractivity contribution in [2.75, 3.05) is 5.32 Å². The number of aromatic amines is 2. The highest BCUT2D eigenvalue weighted by atomic mass is 32.1. The van der Waals surface area contributed by atoms with E-state index in [1.807, 2.05) is 18.5 Å². The number of thiophene rings is 1. The summed E-state index contributed by atoms with van der Waals surface area (Å²) >= 11 is 1.79. The van der Waals surface area contributed by atoms with E-state index in [-0.39, 0.29) is 0 Å². The van der Waals surface area contributed by atoms with Gasteiger partial charge < -0.3 is 10.3 Å². The second-order valence-electron chi connectivity index (χ2n) is 10.7. The van der Waals surface area contributed by atoms with Crippen LogP contribution in [0.25, 0.3) is 39.0 Å². The van der Waals surface area contributed by atoms with E-state index in [0.717, 1.165) is 56.1 Å². The molecule has 202 valence electrons. The molecule has 0 aliphatic heterocycles. The number of hydrogen-bond donors (Lipinski definition) is 3. The molecule has 6 heteroatoms. The quantitative estimate of drug-likeness (QED) is 0.170. The maximum absolute atomic E-state index is 4.71. The van der Waals surface area contributed by atoms with Crippen molar-refractivity contribution in [1.29, 1.82) is 0 Å². The highest BCUT2D eigenvalue weighted by molar-refractivity contribution is 7.13. The van der Waals surface area contributed by atoms with Gasteiger partial charge >= 0.3 is 0 Å². The molecule has 3 N–H and O–H groups in total. The third kappa shape index (κ3) is 5.19. The number of anilines is 1. The number of benzene rings is 1. The van der Waals surface area contributed by atoms with Crippen LogP contribution in [-0.4, -0.2) is 20.2 Å². The Labute approximate surface area is 239 Å². The Balaban J connectivity index is 1.32. The third-order valence-electron chi connectivity index (χ3n) is 7.89. The fourth-order valence-electron chi connectivity index (χ4n) is 5.77. The minimum Gasteiger partial charge on any atom is -0.358 e. The van der Waals surface area contributed by atoms with Crippen LogP contribution in [0.1, 0.15) is 53.1 Å². The van der Waals surface area contributed by atoms with Gasteiger partial charge in [0.25, 0.3) is 0 Å². The molecule has 4 heterocycles. The Morgan fingerprint density at radius 3 is 2.65 bits per heavy atom. The summed E-state index contributed by atoms with van der Waals surface area (Å²) in [5.74, 6) is 0.544. The highest BCUT2D eigenvalue weighted by Crippen LogP contribution is 2.36. The van der Waals surface area contributed by atoms with Crippen molar-refractivity contribution >= 4 is 33.5 Å². The summed E-state index contributed by atoms with van der Waals surface area (Å²) in [6.07, 6.45) is 14.1. The zero-order valence-corrected chi connectivity index (χ0v) is 24.0. The largest absolute Gasteiger partial charge is 0.358 e. The molecule has 0 saturated heterocycles. The fraction of sp³-hybridized carbons (Fsp3) is 0.235. The molecule has 4 aromatic heterocycles. The van der Waals surface area contributed by atoms with E-state index in [9.17, 15) is 0 Å². The molecular weight excluding hydrogens is 510 g/mol. The molecule has 6 rings (SSSR count). The summed E-state index contributed by atoms with van der Waals surface area (Å²) < 4.78 is 0. The highest BCUT2D eigenvalue weighted by Gasteiger charge is 2.18. The first-order valence-electron chi connectivity index (χ1n) is 14.0. The molecule has 0 amide bonds. The van der Waals surface area contributed by atoms with Gasteiger partial charge in [-0.2, -0.15) is 5.10 Å². The van der Waals surface area contributed by atoms with Crippen LogP contribution in [0.15, 0.2) is 85.9 Å². The molecule has 5 nitrogen and oxygen atoms in total. The first-order valence-corrected chi connectivity index (χ1v) is 14.8. The van der Waals surface area contributed by atoms with Crippen LogP contribution in [0.5, 0.6) is 0 Å². The molecular formula is C34H35N5S. The second kappa shape index (κ2) is 11.1. The van der Waals surface area contributed by atoms with Gasteiger partial charge in [0, 0.05) is 49.4 Å². The third-order valence-corrected chi connectivity index (χ3v) is 8.92. The lowest BCUT2D eigenvalue weighted by Gasteiger charge is -2.24. The summed E-state index contributed by atoms with van der Waals surface area (Å²) in [7, 11) is 0. The molecule has 1 aromatic carbocycles. The predicted molar refractivity (Wildman–Crippen MR) is 170 cm³/mol. The predicted octanol–water partition coefficient (Wildman–Crippen LogP) is 9.42. The van der Waals surface area contributed by atoms with Crippen molar-refractivity contribution in [3.05, 3.63) is 107 Å². The molecule has 1 fully saturated rings. The Hall–Kier alpha value is -4.16. The standard InChI is InChI=1S/C34H35N5S/c1-5-9-28(33-15-12-21(2)40-33)29-18-32(37-23(29)4)34-30-17-25(13-14-31(30)38-39-34)26-16-27(20-35-19-26)36-22(3)24-10-7-6-8-11-24/h5,9,12-20,24,36-37H,1,3,6-8,10-11H2,2,4H3,(H,38,39)/b28-9+. The zero-order valence-electron chi connectivity index (χ0n) is 23.2. The van der Waals surface area contributed by atoms with Crippen LogP contribution in [0.4, 0.5) is 5.69 Å². The van der Waals surface area contributed by atoms with E-state index in [2.05, 4.69) is 95.9 Å². The smallest absolute Gasteiger partial charge is 0.116 e. The summed E-state index contributed by atoms with van der Waals surface area (Å²) in [6.45, 7) is 12.5. The molecule has 5 aromatic rings. The number of aromatic nitrogens is 4. The molecule has 0 atom stereocenters. The van der Waals surface area contributed by atoms with Crippen molar-refractivity contribution in [3.8, 4) is 22.5 Å². The maximum Gasteiger partial charge on any atom is 0.116 e. The maximum atomic E-state index is 4.71.